The van der Waals surface area contributed by atoms with Crippen molar-refractivity contribution in [1.29, 1.82) is 0 Å². The van der Waals surface area contributed by atoms with Gasteiger partial charge in [0.1, 0.15) is 0 Å². The molecule has 0 bridgehead atoms. The first kappa shape index (κ1) is 14.9. The van der Waals surface area contributed by atoms with Crippen LogP contribution in [0.4, 0.5) is 5.69 Å². The Kier molecular flexibility index (Phi) is 3.71. The number of halogens is 1. The molecule has 118 valence electrons. The zero-order valence-corrected chi connectivity index (χ0v) is 14.9. The lowest BCUT2D eigenvalue weighted by Gasteiger charge is -2.38. The first-order chi connectivity index (χ1) is 11.2. The molecule has 2 aromatic rings. The van der Waals surface area contributed by atoms with E-state index in [0.717, 1.165) is 17.7 Å². The van der Waals surface area contributed by atoms with Crippen LogP contribution in [0.2, 0.25) is 0 Å². The van der Waals surface area contributed by atoms with Gasteiger partial charge >= 0.3 is 0 Å². The first-order valence-electron chi connectivity index (χ1n) is 7.77. The minimum atomic E-state index is 0.0812. The molecule has 0 radical (unpaired) electrons. The highest BCUT2D eigenvalue weighted by Gasteiger charge is 2.39. The molecular weight excluding hydrogens is 401 g/mol. The fourth-order valence-electron chi connectivity index (χ4n) is 3.83. The number of phenols is 1. The summed E-state index contributed by atoms with van der Waals surface area (Å²) in [5.74, 6) is 1.59. The lowest BCUT2D eigenvalue weighted by atomic mass is 9.77. The molecule has 3 unspecified atom stereocenters. The maximum Gasteiger partial charge on any atom is 0.163 e. The zero-order chi connectivity index (χ0) is 16.0. The van der Waals surface area contributed by atoms with Gasteiger partial charge in [0.05, 0.1) is 13.2 Å². The minimum Gasteiger partial charge on any atom is -0.504 e. The summed E-state index contributed by atoms with van der Waals surface area (Å²) in [5.41, 5.74) is 3.42. The van der Waals surface area contributed by atoms with E-state index in [4.69, 9.17) is 4.74 Å². The van der Waals surface area contributed by atoms with Gasteiger partial charge in [-0.1, -0.05) is 24.3 Å². The summed E-state index contributed by atoms with van der Waals surface area (Å²) in [6.45, 7) is 0. The number of rotatable bonds is 2. The molecule has 0 saturated heterocycles. The van der Waals surface area contributed by atoms with Crippen molar-refractivity contribution in [2.24, 2.45) is 5.92 Å². The third-order valence-corrected chi connectivity index (χ3v) is 5.58. The number of allylic oxidation sites excluding steroid dienone is 2. The summed E-state index contributed by atoms with van der Waals surface area (Å²) >= 11 is 2.36. The topological polar surface area (TPSA) is 41.5 Å². The van der Waals surface area contributed by atoms with Crippen LogP contribution in [0.1, 0.15) is 29.5 Å². The number of hydrogen-bond acceptors (Lipinski definition) is 3. The number of anilines is 1. The summed E-state index contributed by atoms with van der Waals surface area (Å²) in [4.78, 5) is 0. The van der Waals surface area contributed by atoms with Crippen LogP contribution in [0, 0.1) is 9.49 Å². The molecule has 1 aliphatic carbocycles. The summed E-state index contributed by atoms with van der Waals surface area (Å²) in [5, 5.41) is 14.2. The van der Waals surface area contributed by atoms with E-state index in [-0.39, 0.29) is 11.8 Å². The summed E-state index contributed by atoms with van der Waals surface area (Å²) in [7, 11) is 1.59. The molecule has 0 spiro atoms. The Hall–Kier alpha value is -1.69. The highest BCUT2D eigenvalue weighted by Crippen LogP contribution is 2.52. The van der Waals surface area contributed by atoms with Crippen molar-refractivity contribution in [3.8, 4) is 11.5 Å². The third-order valence-electron chi connectivity index (χ3n) is 4.91. The SMILES string of the molecule is COc1cccc(C2Nc3ccc(I)cc3C3C=CCC32)c1O. The van der Waals surface area contributed by atoms with Gasteiger partial charge in [-0.05, 0) is 64.8 Å². The maximum atomic E-state index is 10.6. The molecule has 1 heterocycles. The molecule has 3 atom stereocenters. The highest BCUT2D eigenvalue weighted by molar-refractivity contribution is 14.1. The second-order valence-corrected chi connectivity index (χ2v) is 7.35. The van der Waals surface area contributed by atoms with Crippen LogP contribution in [0.5, 0.6) is 11.5 Å². The van der Waals surface area contributed by atoms with Crippen LogP contribution >= 0.6 is 22.6 Å². The van der Waals surface area contributed by atoms with E-state index in [0.29, 0.717) is 17.6 Å². The molecule has 0 saturated carbocycles. The van der Waals surface area contributed by atoms with E-state index >= 15 is 0 Å². The zero-order valence-electron chi connectivity index (χ0n) is 12.8. The Balaban J connectivity index is 1.81. The molecule has 3 nitrogen and oxygen atoms in total. The van der Waals surface area contributed by atoms with Crippen molar-refractivity contribution >= 4 is 28.3 Å². The average molecular weight is 419 g/mol. The molecule has 0 fully saturated rings. The predicted octanol–water partition coefficient (Wildman–Crippen LogP) is 4.83. The normalized spacial score (nSPS) is 24.7. The molecule has 0 aromatic heterocycles. The molecule has 4 rings (SSSR count). The van der Waals surface area contributed by atoms with Crippen molar-refractivity contribution in [1.82, 2.24) is 0 Å². The van der Waals surface area contributed by atoms with Crippen LogP contribution in [0.3, 0.4) is 0 Å². The minimum absolute atomic E-state index is 0.0812. The summed E-state index contributed by atoms with van der Waals surface area (Å²) < 4.78 is 6.53. The molecule has 2 aromatic carbocycles. The number of ether oxygens (including phenoxy) is 1. The van der Waals surface area contributed by atoms with Gasteiger partial charge in [-0.2, -0.15) is 0 Å². The van der Waals surface area contributed by atoms with Gasteiger partial charge in [0.25, 0.3) is 0 Å². The van der Waals surface area contributed by atoms with Crippen molar-refractivity contribution < 1.29 is 9.84 Å². The molecule has 0 amide bonds. The van der Waals surface area contributed by atoms with Crippen LogP contribution in [-0.2, 0) is 0 Å². The van der Waals surface area contributed by atoms with Crippen LogP contribution in [-0.4, -0.2) is 12.2 Å². The quantitative estimate of drug-likeness (QED) is 0.541. The number of hydrogen-bond donors (Lipinski definition) is 2. The second-order valence-electron chi connectivity index (χ2n) is 6.11. The fourth-order valence-corrected chi connectivity index (χ4v) is 4.34. The number of nitrogens with one attached hydrogen (secondary N) is 1. The Morgan fingerprint density at radius 3 is 2.91 bits per heavy atom. The molecule has 1 aliphatic heterocycles. The molecule has 4 heteroatoms. The smallest absolute Gasteiger partial charge is 0.163 e. The standard InChI is InChI=1S/C19H18INO2/c1-23-17-7-3-6-14(19(17)22)18-13-5-2-4-12(13)15-10-11(20)8-9-16(15)21-18/h2-4,6-10,12-13,18,21-22H,5H2,1H3. The van der Waals surface area contributed by atoms with Crippen molar-refractivity contribution in [3.05, 3.63) is 63.2 Å². The van der Waals surface area contributed by atoms with Crippen LogP contribution in [0.25, 0.3) is 0 Å². The van der Waals surface area contributed by atoms with Crippen LogP contribution in [0.15, 0.2) is 48.6 Å². The maximum absolute atomic E-state index is 10.6. The third kappa shape index (κ3) is 2.40. The van der Waals surface area contributed by atoms with Gasteiger partial charge in [-0.15, -0.1) is 0 Å². The van der Waals surface area contributed by atoms with Gasteiger partial charge in [-0.25, -0.2) is 0 Å². The van der Waals surface area contributed by atoms with Crippen molar-refractivity contribution in [2.75, 3.05) is 12.4 Å². The Bertz CT molecular complexity index is 787. The van der Waals surface area contributed by atoms with Crippen LogP contribution < -0.4 is 10.1 Å². The number of methoxy groups -OCH3 is 1. The number of para-hydroxylation sites is 1. The van der Waals surface area contributed by atoms with Gasteiger partial charge < -0.3 is 15.2 Å². The van der Waals surface area contributed by atoms with Gasteiger partial charge in [0, 0.05) is 20.7 Å². The van der Waals surface area contributed by atoms with Gasteiger partial charge in [0.2, 0.25) is 0 Å². The fraction of sp³-hybridized carbons (Fsp3) is 0.263. The molecule has 23 heavy (non-hydrogen) atoms. The van der Waals surface area contributed by atoms with E-state index in [1.165, 1.54) is 9.13 Å². The Morgan fingerprint density at radius 1 is 1.22 bits per heavy atom. The number of aromatic hydroxyl groups is 1. The first-order valence-corrected chi connectivity index (χ1v) is 8.85. The Morgan fingerprint density at radius 2 is 2.09 bits per heavy atom. The van der Waals surface area contributed by atoms with E-state index in [1.54, 1.807) is 13.2 Å². The van der Waals surface area contributed by atoms with E-state index in [2.05, 4.69) is 58.3 Å². The van der Waals surface area contributed by atoms with Crippen molar-refractivity contribution in [3.63, 3.8) is 0 Å². The molecule has 2 aliphatic rings. The highest BCUT2D eigenvalue weighted by atomic mass is 127. The Labute approximate surface area is 149 Å². The van der Waals surface area contributed by atoms with Gasteiger partial charge in [0.15, 0.2) is 11.5 Å². The molecule has 2 N–H and O–H groups in total. The monoisotopic (exact) mass is 419 g/mol. The lowest BCUT2D eigenvalue weighted by Crippen LogP contribution is -2.29. The number of fused-ring (bicyclic) bond motifs is 3. The van der Waals surface area contributed by atoms with E-state index < -0.39 is 0 Å². The largest absolute Gasteiger partial charge is 0.504 e. The molecular formula is C19H18INO2. The summed E-state index contributed by atoms with van der Waals surface area (Å²) in [6, 6.07) is 12.3. The average Bonchev–Trinajstić information content (AvgIpc) is 3.05. The van der Waals surface area contributed by atoms with E-state index in [9.17, 15) is 5.11 Å². The lowest BCUT2D eigenvalue weighted by molar-refractivity contribution is 0.358. The number of benzene rings is 2. The summed E-state index contributed by atoms with van der Waals surface area (Å²) in [6.07, 6.45) is 5.59. The van der Waals surface area contributed by atoms with Gasteiger partial charge in [-0.3, -0.25) is 0 Å². The number of phenolic OH excluding ortho intramolecular Hbond substituents is 1. The predicted molar refractivity (Wildman–Crippen MR) is 100 cm³/mol. The van der Waals surface area contributed by atoms with Crippen molar-refractivity contribution in [2.45, 2.75) is 18.4 Å². The van der Waals surface area contributed by atoms with E-state index in [1.807, 2.05) is 12.1 Å². The second kappa shape index (κ2) is 5.74.